The van der Waals surface area contributed by atoms with E-state index in [1.807, 2.05) is 37.3 Å². The van der Waals surface area contributed by atoms with Gasteiger partial charge in [-0.15, -0.1) is 0 Å². The zero-order valence-corrected chi connectivity index (χ0v) is 15.9. The van der Waals surface area contributed by atoms with E-state index in [9.17, 15) is 14.4 Å². The summed E-state index contributed by atoms with van der Waals surface area (Å²) in [6.45, 7) is 2.70. The van der Waals surface area contributed by atoms with Gasteiger partial charge in [0.05, 0.1) is 11.3 Å². The predicted octanol–water partition coefficient (Wildman–Crippen LogP) is 2.89. The Morgan fingerprint density at radius 2 is 1.82 bits per heavy atom. The highest BCUT2D eigenvalue weighted by atomic mass is 16.5. The van der Waals surface area contributed by atoms with Crippen LogP contribution in [0.25, 0.3) is 0 Å². The molecule has 1 aliphatic rings. The highest BCUT2D eigenvalue weighted by molar-refractivity contribution is 6.03. The van der Waals surface area contributed by atoms with E-state index >= 15 is 0 Å². The molecule has 1 aliphatic heterocycles. The zero-order valence-electron chi connectivity index (χ0n) is 15.9. The molecule has 1 N–H and O–H groups in total. The Kier molecular flexibility index (Phi) is 6.42. The van der Waals surface area contributed by atoms with Gasteiger partial charge in [0.15, 0.2) is 6.61 Å². The Balaban J connectivity index is 1.53. The maximum atomic E-state index is 12.5. The highest BCUT2D eigenvalue weighted by Gasteiger charge is 2.26. The second kappa shape index (κ2) is 9.17. The lowest BCUT2D eigenvalue weighted by molar-refractivity contribution is -0.124. The van der Waals surface area contributed by atoms with Crippen molar-refractivity contribution in [3.8, 4) is 0 Å². The second-order valence-electron chi connectivity index (χ2n) is 6.86. The maximum absolute atomic E-state index is 12.5. The number of nitrogens with one attached hydrogen (secondary N) is 1. The topological polar surface area (TPSA) is 75.7 Å². The lowest BCUT2D eigenvalue weighted by Gasteiger charge is -2.19. The van der Waals surface area contributed by atoms with Crippen molar-refractivity contribution in [1.29, 1.82) is 0 Å². The number of ether oxygens (including phenoxy) is 1. The third-order valence-electron chi connectivity index (χ3n) is 4.80. The number of benzene rings is 2. The van der Waals surface area contributed by atoms with Gasteiger partial charge in [0.1, 0.15) is 0 Å². The molecule has 2 aromatic carbocycles. The Hall–Kier alpha value is -3.15. The largest absolute Gasteiger partial charge is 0.452 e. The van der Waals surface area contributed by atoms with Crippen LogP contribution in [0.5, 0.6) is 0 Å². The van der Waals surface area contributed by atoms with Crippen molar-refractivity contribution in [2.45, 2.75) is 25.7 Å². The van der Waals surface area contributed by atoms with Crippen molar-refractivity contribution >= 4 is 23.5 Å². The molecule has 3 rings (SSSR count). The van der Waals surface area contributed by atoms with Crippen molar-refractivity contribution < 1.29 is 19.1 Å². The molecule has 1 atom stereocenters. The summed E-state index contributed by atoms with van der Waals surface area (Å²) >= 11 is 0. The molecular formula is C22H24N2O4. The number of hydrogen-bond acceptors (Lipinski definition) is 4. The fourth-order valence-corrected chi connectivity index (χ4v) is 3.21. The van der Waals surface area contributed by atoms with Gasteiger partial charge in [-0.05, 0) is 30.0 Å². The van der Waals surface area contributed by atoms with Crippen LogP contribution in [-0.4, -0.2) is 37.5 Å². The molecule has 0 radical (unpaired) electrons. The first-order valence-corrected chi connectivity index (χ1v) is 9.44. The van der Waals surface area contributed by atoms with Gasteiger partial charge in [-0.2, -0.15) is 0 Å². The van der Waals surface area contributed by atoms with Gasteiger partial charge in [-0.1, -0.05) is 49.4 Å². The van der Waals surface area contributed by atoms with E-state index in [-0.39, 0.29) is 24.3 Å². The van der Waals surface area contributed by atoms with Gasteiger partial charge in [-0.3, -0.25) is 9.59 Å². The van der Waals surface area contributed by atoms with Gasteiger partial charge in [0.2, 0.25) is 5.91 Å². The molecular weight excluding hydrogens is 356 g/mol. The fraction of sp³-hybridized carbons (Fsp3) is 0.318. The summed E-state index contributed by atoms with van der Waals surface area (Å²) in [5, 5.41) is 2.78. The first kappa shape index (κ1) is 19.6. The number of para-hydroxylation sites is 1. The quantitative estimate of drug-likeness (QED) is 0.750. The van der Waals surface area contributed by atoms with E-state index in [1.165, 1.54) is 0 Å². The van der Waals surface area contributed by atoms with Crippen molar-refractivity contribution in [3.05, 3.63) is 65.7 Å². The summed E-state index contributed by atoms with van der Waals surface area (Å²) in [6.07, 6.45) is 1.25. The molecule has 6 heteroatoms. The lowest BCUT2D eigenvalue weighted by atomic mass is 10.0. The average Bonchev–Trinajstić information content (AvgIpc) is 3.16. The molecule has 6 nitrogen and oxygen atoms in total. The van der Waals surface area contributed by atoms with Gasteiger partial charge in [0, 0.05) is 19.5 Å². The number of rotatable bonds is 7. The van der Waals surface area contributed by atoms with Crippen LogP contribution in [0.1, 0.15) is 41.6 Å². The van der Waals surface area contributed by atoms with Crippen LogP contribution in [0.2, 0.25) is 0 Å². The molecule has 0 spiro atoms. The van der Waals surface area contributed by atoms with E-state index in [2.05, 4.69) is 5.32 Å². The van der Waals surface area contributed by atoms with Crippen LogP contribution in [0.4, 0.5) is 5.69 Å². The molecule has 28 heavy (non-hydrogen) atoms. The van der Waals surface area contributed by atoms with E-state index in [0.29, 0.717) is 30.8 Å². The highest BCUT2D eigenvalue weighted by Crippen LogP contribution is 2.25. The van der Waals surface area contributed by atoms with Crippen molar-refractivity contribution in [2.75, 3.05) is 24.6 Å². The van der Waals surface area contributed by atoms with Gasteiger partial charge in [-0.25, -0.2) is 4.79 Å². The molecule has 0 saturated carbocycles. The average molecular weight is 380 g/mol. The van der Waals surface area contributed by atoms with Crippen LogP contribution >= 0.6 is 0 Å². The van der Waals surface area contributed by atoms with Gasteiger partial charge in [0.25, 0.3) is 5.91 Å². The number of hydrogen-bond donors (Lipinski definition) is 1. The molecule has 0 bridgehead atoms. The number of nitrogens with zero attached hydrogens (tertiary/aromatic N) is 1. The number of carbonyl (C=O) groups is 3. The maximum Gasteiger partial charge on any atom is 0.340 e. The Morgan fingerprint density at radius 1 is 1.11 bits per heavy atom. The van der Waals surface area contributed by atoms with Gasteiger partial charge < -0.3 is 15.0 Å². The Morgan fingerprint density at radius 3 is 2.54 bits per heavy atom. The first-order valence-electron chi connectivity index (χ1n) is 9.44. The summed E-state index contributed by atoms with van der Waals surface area (Å²) in [4.78, 5) is 38.1. The molecule has 0 aromatic heterocycles. The van der Waals surface area contributed by atoms with Crippen molar-refractivity contribution in [3.63, 3.8) is 0 Å². The van der Waals surface area contributed by atoms with Crippen LogP contribution in [-0.2, 0) is 14.3 Å². The summed E-state index contributed by atoms with van der Waals surface area (Å²) in [5.41, 5.74) is 1.96. The van der Waals surface area contributed by atoms with Crippen LogP contribution in [0.15, 0.2) is 54.6 Å². The van der Waals surface area contributed by atoms with Crippen LogP contribution < -0.4 is 10.2 Å². The SMILES string of the molecule is C[C@H](CNC(=O)COC(=O)c1ccccc1N1CCCC1=O)c1ccccc1. The zero-order chi connectivity index (χ0) is 19.9. The Labute approximate surface area is 164 Å². The molecule has 0 unspecified atom stereocenters. The van der Waals surface area contributed by atoms with Gasteiger partial charge >= 0.3 is 5.97 Å². The summed E-state index contributed by atoms with van der Waals surface area (Å²) in [5.74, 6) is -0.817. The smallest absolute Gasteiger partial charge is 0.340 e. The summed E-state index contributed by atoms with van der Waals surface area (Å²) in [7, 11) is 0. The number of amides is 2. The van der Waals surface area contributed by atoms with Crippen LogP contribution in [0.3, 0.4) is 0 Å². The minimum Gasteiger partial charge on any atom is -0.452 e. The molecule has 1 saturated heterocycles. The third kappa shape index (κ3) is 4.76. The summed E-state index contributed by atoms with van der Waals surface area (Å²) < 4.78 is 5.17. The van der Waals surface area contributed by atoms with Crippen molar-refractivity contribution in [1.82, 2.24) is 5.32 Å². The first-order chi connectivity index (χ1) is 13.6. The third-order valence-corrected chi connectivity index (χ3v) is 4.80. The van der Waals surface area contributed by atoms with E-state index in [1.54, 1.807) is 29.2 Å². The molecule has 0 aliphatic carbocycles. The monoisotopic (exact) mass is 380 g/mol. The van der Waals surface area contributed by atoms with E-state index in [0.717, 1.165) is 12.0 Å². The molecule has 146 valence electrons. The standard InChI is InChI=1S/C22H24N2O4/c1-16(17-8-3-2-4-9-17)14-23-20(25)15-28-22(27)18-10-5-6-11-19(18)24-13-7-12-21(24)26/h2-6,8-11,16H,7,12-15H2,1H3,(H,23,25)/t16-/m1/s1. The minimum absolute atomic E-state index is 0.00658. The molecule has 1 heterocycles. The number of carbonyl (C=O) groups excluding carboxylic acids is 3. The minimum atomic E-state index is -0.610. The second-order valence-corrected chi connectivity index (χ2v) is 6.86. The summed E-state index contributed by atoms with van der Waals surface area (Å²) in [6, 6.07) is 16.7. The molecule has 1 fully saturated rings. The lowest BCUT2D eigenvalue weighted by Crippen LogP contribution is -2.32. The predicted molar refractivity (Wildman–Crippen MR) is 106 cm³/mol. The van der Waals surface area contributed by atoms with Crippen LogP contribution in [0, 0.1) is 0 Å². The Bertz CT molecular complexity index is 851. The molecule has 2 aromatic rings. The number of esters is 1. The number of anilines is 1. The fourth-order valence-electron chi connectivity index (χ4n) is 3.21. The molecule has 2 amide bonds. The van der Waals surface area contributed by atoms with E-state index < -0.39 is 5.97 Å². The van der Waals surface area contributed by atoms with E-state index in [4.69, 9.17) is 4.74 Å². The van der Waals surface area contributed by atoms with Crippen molar-refractivity contribution in [2.24, 2.45) is 0 Å². The normalized spacial score (nSPS) is 14.6.